The minimum atomic E-state index is -0.440. The highest BCUT2D eigenvalue weighted by atomic mass is 32.2. The van der Waals surface area contributed by atoms with Gasteiger partial charge in [0.15, 0.2) is 5.17 Å². The average molecular weight is 567 g/mol. The van der Waals surface area contributed by atoms with Crippen LogP contribution in [0.15, 0.2) is 106 Å². The highest BCUT2D eigenvalue weighted by Crippen LogP contribution is 2.45. The Morgan fingerprint density at radius 3 is 2.37 bits per heavy atom. The third kappa shape index (κ3) is 6.38. The van der Waals surface area contributed by atoms with Crippen LogP contribution in [0.4, 0.5) is 5.69 Å². The van der Waals surface area contributed by atoms with Gasteiger partial charge in [0.05, 0.1) is 30.8 Å². The van der Waals surface area contributed by atoms with Gasteiger partial charge in [-0.05, 0) is 59.2 Å². The number of allylic oxidation sites excluding steroid dienone is 1. The summed E-state index contributed by atoms with van der Waals surface area (Å²) in [6.45, 7) is 6.64. The summed E-state index contributed by atoms with van der Waals surface area (Å²) >= 11 is 1.48. The van der Waals surface area contributed by atoms with Crippen LogP contribution in [0.3, 0.4) is 0 Å². The Hall–Kier alpha value is -4.30. The van der Waals surface area contributed by atoms with E-state index in [-0.39, 0.29) is 18.2 Å². The highest BCUT2D eigenvalue weighted by Gasteiger charge is 2.40. The van der Waals surface area contributed by atoms with Gasteiger partial charge < -0.3 is 20.3 Å². The Morgan fingerprint density at radius 2 is 1.71 bits per heavy atom. The maximum absolute atomic E-state index is 13.9. The fraction of sp³-hybridized carbons (Fsp3) is 0.242. The first-order valence-corrected chi connectivity index (χ1v) is 14.5. The predicted octanol–water partition coefficient (Wildman–Crippen LogP) is 6.74. The molecule has 0 unspecified atom stereocenters. The van der Waals surface area contributed by atoms with Crippen molar-refractivity contribution >= 4 is 34.4 Å². The molecule has 5 rings (SSSR count). The molecule has 7 nitrogen and oxygen atoms in total. The van der Waals surface area contributed by atoms with Crippen LogP contribution in [0.1, 0.15) is 55.8 Å². The standard InChI is InChI=1S/C33H34N4O3S/c1-21(2)24-10-12-25(13-11-24)31-30(32(39)36-26-14-16-28(40-4)17-15-26)22(3)35-33-37(31)27(20-41-33)18-29(38)34-19-23-8-6-5-7-9-23/h5-17,20-21,31H,18-19H2,1-4H3,(H,34,38)(H,36,39)/t31-/m1/s1. The van der Waals surface area contributed by atoms with E-state index < -0.39 is 6.04 Å². The molecule has 2 aliphatic heterocycles. The number of ether oxygens (including phenoxy) is 1. The lowest BCUT2D eigenvalue weighted by molar-refractivity contribution is -0.120. The highest BCUT2D eigenvalue weighted by molar-refractivity contribution is 8.16. The first-order valence-electron chi connectivity index (χ1n) is 13.6. The summed E-state index contributed by atoms with van der Waals surface area (Å²) in [5, 5.41) is 8.79. The molecule has 3 aromatic carbocycles. The average Bonchev–Trinajstić information content (AvgIpc) is 3.37. The molecule has 0 bridgehead atoms. The van der Waals surface area contributed by atoms with E-state index in [1.54, 1.807) is 7.11 Å². The molecule has 2 amide bonds. The number of amidine groups is 1. The number of fused-ring (bicyclic) bond motifs is 1. The fourth-order valence-electron chi connectivity index (χ4n) is 4.93. The van der Waals surface area contributed by atoms with Crippen molar-refractivity contribution in [2.75, 3.05) is 12.4 Å². The van der Waals surface area contributed by atoms with Crippen molar-refractivity contribution in [2.24, 2.45) is 4.99 Å². The molecule has 0 aliphatic carbocycles. The molecule has 1 atom stereocenters. The first-order chi connectivity index (χ1) is 19.8. The Bertz CT molecular complexity index is 1510. The van der Waals surface area contributed by atoms with Crippen molar-refractivity contribution in [1.82, 2.24) is 10.2 Å². The first kappa shape index (κ1) is 28.2. The van der Waals surface area contributed by atoms with Gasteiger partial charge >= 0.3 is 0 Å². The molecule has 210 valence electrons. The van der Waals surface area contributed by atoms with Gasteiger partial charge in [0, 0.05) is 17.9 Å². The molecule has 2 N–H and O–H groups in total. The van der Waals surface area contributed by atoms with Gasteiger partial charge in [-0.15, -0.1) is 0 Å². The lowest BCUT2D eigenvalue weighted by Crippen LogP contribution is -2.38. The molecule has 0 aromatic heterocycles. The maximum Gasteiger partial charge on any atom is 0.255 e. The summed E-state index contributed by atoms with van der Waals surface area (Å²) in [5.41, 5.74) is 5.87. The SMILES string of the molecule is COc1ccc(NC(=O)C2=C(C)N=C3SC=C(CC(=O)NCc4ccccc4)N3[C@@H]2c2ccc(C(C)C)cc2)cc1. The predicted molar refractivity (Wildman–Crippen MR) is 165 cm³/mol. The smallest absolute Gasteiger partial charge is 0.255 e. The van der Waals surface area contributed by atoms with E-state index in [0.717, 1.165) is 22.0 Å². The number of anilines is 1. The number of hydrogen-bond acceptors (Lipinski definition) is 6. The Morgan fingerprint density at radius 1 is 1.00 bits per heavy atom. The van der Waals surface area contributed by atoms with Crippen LogP contribution in [-0.2, 0) is 16.1 Å². The molecule has 2 heterocycles. The molecule has 0 fully saturated rings. The normalized spacial score (nSPS) is 16.2. The van der Waals surface area contributed by atoms with Crippen LogP contribution >= 0.6 is 11.8 Å². The number of carbonyl (C=O) groups excluding carboxylic acids is 2. The summed E-state index contributed by atoms with van der Waals surface area (Å²) in [7, 11) is 1.61. The molecule has 3 aromatic rings. The van der Waals surface area contributed by atoms with Crippen LogP contribution in [0, 0.1) is 0 Å². The number of benzene rings is 3. The minimum Gasteiger partial charge on any atom is -0.497 e. The van der Waals surface area contributed by atoms with Crippen molar-refractivity contribution in [3.63, 3.8) is 0 Å². The molecule has 0 radical (unpaired) electrons. The minimum absolute atomic E-state index is 0.0913. The van der Waals surface area contributed by atoms with Gasteiger partial charge in [-0.25, -0.2) is 4.99 Å². The van der Waals surface area contributed by atoms with Crippen LogP contribution < -0.4 is 15.4 Å². The number of carbonyl (C=O) groups is 2. The lowest BCUT2D eigenvalue weighted by Gasteiger charge is -2.36. The third-order valence-electron chi connectivity index (χ3n) is 7.19. The summed E-state index contributed by atoms with van der Waals surface area (Å²) in [4.78, 5) is 33.8. The second-order valence-electron chi connectivity index (χ2n) is 10.3. The second kappa shape index (κ2) is 12.5. The number of aliphatic imine (C=N–C) groups is 1. The Balaban J connectivity index is 1.44. The lowest BCUT2D eigenvalue weighted by atomic mass is 9.91. The summed E-state index contributed by atoms with van der Waals surface area (Å²) in [6.07, 6.45) is 0.172. The molecular formula is C33H34N4O3S. The molecule has 0 spiro atoms. The van der Waals surface area contributed by atoms with Crippen LogP contribution in [0.25, 0.3) is 0 Å². The van der Waals surface area contributed by atoms with E-state index >= 15 is 0 Å². The van der Waals surface area contributed by atoms with Crippen LogP contribution in [-0.4, -0.2) is 29.0 Å². The number of amides is 2. The zero-order valence-electron chi connectivity index (χ0n) is 23.7. The fourth-order valence-corrected chi connectivity index (χ4v) is 5.90. The summed E-state index contributed by atoms with van der Waals surface area (Å²) in [5.74, 6) is 0.765. The van der Waals surface area contributed by atoms with Crippen molar-refractivity contribution in [3.05, 3.63) is 118 Å². The third-order valence-corrected chi connectivity index (χ3v) is 8.07. The number of nitrogens with one attached hydrogen (secondary N) is 2. The Labute approximate surface area is 245 Å². The topological polar surface area (TPSA) is 83.0 Å². The van der Waals surface area contributed by atoms with Gasteiger partial charge in [0.25, 0.3) is 5.91 Å². The number of hydrogen-bond donors (Lipinski definition) is 2. The maximum atomic E-state index is 13.9. The molecule has 41 heavy (non-hydrogen) atoms. The van der Waals surface area contributed by atoms with Crippen molar-refractivity contribution in [1.29, 1.82) is 0 Å². The molecule has 8 heteroatoms. The molecule has 2 aliphatic rings. The van der Waals surface area contributed by atoms with E-state index in [9.17, 15) is 9.59 Å². The second-order valence-corrected chi connectivity index (χ2v) is 11.2. The van der Waals surface area contributed by atoms with E-state index in [1.807, 2.05) is 71.8 Å². The zero-order valence-corrected chi connectivity index (χ0v) is 24.5. The number of rotatable bonds is 9. The number of nitrogens with zero attached hydrogens (tertiary/aromatic N) is 2. The number of thioether (sulfide) groups is 1. The van der Waals surface area contributed by atoms with Crippen molar-refractivity contribution in [3.8, 4) is 5.75 Å². The van der Waals surface area contributed by atoms with E-state index in [4.69, 9.17) is 9.73 Å². The largest absolute Gasteiger partial charge is 0.497 e. The zero-order chi connectivity index (χ0) is 28.9. The molecular weight excluding hydrogens is 532 g/mol. The van der Waals surface area contributed by atoms with E-state index in [0.29, 0.717) is 35.2 Å². The van der Waals surface area contributed by atoms with E-state index in [1.165, 1.54) is 17.3 Å². The monoisotopic (exact) mass is 566 g/mol. The number of methoxy groups -OCH3 is 1. The van der Waals surface area contributed by atoms with Crippen molar-refractivity contribution in [2.45, 2.75) is 45.7 Å². The van der Waals surface area contributed by atoms with Gasteiger partial charge in [-0.2, -0.15) is 0 Å². The van der Waals surface area contributed by atoms with Crippen LogP contribution in [0.5, 0.6) is 5.75 Å². The summed E-state index contributed by atoms with van der Waals surface area (Å²) in [6, 6.07) is 25.0. The molecule has 0 saturated heterocycles. The van der Waals surface area contributed by atoms with E-state index in [2.05, 4.69) is 48.7 Å². The van der Waals surface area contributed by atoms with Crippen LogP contribution in [0.2, 0.25) is 0 Å². The van der Waals surface area contributed by atoms with Gasteiger partial charge in [-0.1, -0.05) is 80.2 Å². The Kier molecular flexibility index (Phi) is 8.59. The quantitative estimate of drug-likeness (QED) is 0.300. The van der Waals surface area contributed by atoms with Gasteiger partial charge in [0.2, 0.25) is 5.91 Å². The van der Waals surface area contributed by atoms with Gasteiger partial charge in [0.1, 0.15) is 5.75 Å². The van der Waals surface area contributed by atoms with Gasteiger partial charge in [-0.3, -0.25) is 9.59 Å². The molecule has 0 saturated carbocycles. The van der Waals surface area contributed by atoms with Crippen molar-refractivity contribution < 1.29 is 14.3 Å². The summed E-state index contributed by atoms with van der Waals surface area (Å²) < 4.78 is 5.25.